The van der Waals surface area contributed by atoms with Crippen molar-refractivity contribution in [3.8, 4) is 0 Å². The number of nitrogens with one attached hydrogen (secondary N) is 1. The smallest absolute Gasteiger partial charge is 0.338 e. The molecule has 0 aromatic heterocycles. The lowest BCUT2D eigenvalue weighted by molar-refractivity contribution is -0.119. The lowest BCUT2D eigenvalue weighted by Gasteiger charge is -2.26. The van der Waals surface area contributed by atoms with Crippen LogP contribution in [-0.4, -0.2) is 44.3 Å². The van der Waals surface area contributed by atoms with Gasteiger partial charge in [-0.25, -0.2) is 13.2 Å². The standard InChI is InChI=1S/C20H21ClN2O5S/c21-17-10-9-15(13-18(17)29(26,27)23-11-5-2-6-12-23)20(25)28-14-19(24)22-16-7-3-1-4-8-16/h1,3-4,7-10,13H,2,5-6,11-12,14H2,(H,22,24). The van der Waals surface area contributed by atoms with Gasteiger partial charge in [-0.2, -0.15) is 4.31 Å². The first-order valence-corrected chi connectivity index (χ1v) is 11.0. The highest BCUT2D eigenvalue weighted by Gasteiger charge is 2.29. The van der Waals surface area contributed by atoms with Gasteiger partial charge < -0.3 is 10.1 Å². The monoisotopic (exact) mass is 436 g/mol. The van der Waals surface area contributed by atoms with Crippen LogP contribution in [0.25, 0.3) is 0 Å². The molecule has 29 heavy (non-hydrogen) atoms. The summed E-state index contributed by atoms with van der Waals surface area (Å²) in [5.74, 6) is -1.31. The number of para-hydroxylation sites is 1. The maximum atomic E-state index is 12.9. The summed E-state index contributed by atoms with van der Waals surface area (Å²) in [6.45, 7) is 0.352. The lowest BCUT2D eigenvalue weighted by atomic mass is 10.2. The number of rotatable bonds is 6. The Hall–Kier alpha value is -2.42. The van der Waals surface area contributed by atoms with Crippen LogP contribution in [0.1, 0.15) is 29.6 Å². The number of anilines is 1. The maximum absolute atomic E-state index is 12.9. The van der Waals surface area contributed by atoms with Crippen molar-refractivity contribution in [2.75, 3.05) is 25.0 Å². The van der Waals surface area contributed by atoms with Gasteiger partial charge in [-0.15, -0.1) is 0 Å². The minimum Gasteiger partial charge on any atom is -0.452 e. The number of nitrogens with zero attached hydrogens (tertiary/aromatic N) is 1. The average Bonchev–Trinajstić information content (AvgIpc) is 2.73. The van der Waals surface area contributed by atoms with Crippen LogP contribution in [0.15, 0.2) is 53.4 Å². The minimum absolute atomic E-state index is 0.0116. The SMILES string of the molecule is O=C(COC(=O)c1ccc(Cl)c(S(=O)(=O)N2CCCCC2)c1)Nc1ccccc1. The first-order chi connectivity index (χ1) is 13.9. The molecule has 0 atom stereocenters. The third-order valence-electron chi connectivity index (χ3n) is 4.49. The zero-order valence-electron chi connectivity index (χ0n) is 15.6. The topological polar surface area (TPSA) is 92.8 Å². The number of piperidine rings is 1. The van der Waals surface area contributed by atoms with Gasteiger partial charge >= 0.3 is 5.97 Å². The largest absolute Gasteiger partial charge is 0.452 e. The van der Waals surface area contributed by atoms with Crippen LogP contribution in [-0.2, 0) is 19.6 Å². The van der Waals surface area contributed by atoms with Crippen molar-refractivity contribution in [2.24, 2.45) is 0 Å². The summed E-state index contributed by atoms with van der Waals surface area (Å²) in [6.07, 6.45) is 2.56. The Morgan fingerprint density at radius 2 is 1.72 bits per heavy atom. The van der Waals surface area contributed by atoms with Gasteiger partial charge in [0.2, 0.25) is 10.0 Å². The molecule has 0 unspecified atom stereocenters. The number of sulfonamides is 1. The highest BCUT2D eigenvalue weighted by atomic mass is 35.5. The van der Waals surface area contributed by atoms with E-state index in [0.717, 1.165) is 19.3 Å². The number of carbonyl (C=O) groups is 2. The Kier molecular flexibility index (Phi) is 6.89. The molecule has 2 aromatic carbocycles. The van der Waals surface area contributed by atoms with E-state index in [1.54, 1.807) is 24.3 Å². The quantitative estimate of drug-likeness (QED) is 0.701. The van der Waals surface area contributed by atoms with E-state index in [1.807, 2.05) is 6.07 Å². The average molecular weight is 437 g/mol. The summed E-state index contributed by atoms with van der Waals surface area (Å²) in [5, 5.41) is 2.63. The number of hydrogen-bond acceptors (Lipinski definition) is 5. The predicted octanol–water partition coefficient (Wildman–Crippen LogP) is 3.31. The normalized spacial score (nSPS) is 14.9. The molecule has 0 radical (unpaired) electrons. The number of esters is 1. The molecule has 1 heterocycles. The van der Waals surface area contributed by atoms with E-state index in [0.29, 0.717) is 18.8 Å². The Balaban J connectivity index is 1.68. The van der Waals surface area contributed by atoms with Crippen LogP contribution < -0.4 is 5.32 Å². The number of benzene rings is 2. The first kappa shape index (κ1) is 21.3. The Morgan fingerprint density at radius 1 is 1.03 bits per heavy atom. The summed E-state index contributed by atoms with van der Waals surface area (Å²) >= 11 is 6.10. The lowest BCUT2D eigenvalue weighted by Crippen LogP contribution is -2.35. The molecule has 1 N–H and O–H groups in total. The maximum Gasteiger partial charge on any atom is 0.338 e. The van der Waals surface area contributed by atoms with Gasteiger partial charge in [-0.05, 0) is 43.2 Å². The highest BCUT2D eigenvalue weighted by Crippen LogP contribution is 2.28. The second kappa shape index (κ2) is 9.39. The van der Waals surface area contributed by atoms with Crippen molar-refractivity contribution in [1.29, 1.82) is 0 Å². The molecule has 1 saturated heterocycles. The second-order valence-electron chi connectivity index (χ2n) is 6.60. The minimum atomic E-state index is -3.81. The highest BCUT2D eigenvalue weighted by molar-refractivity contribution is 7.89. The number of ether oxygens (including phenoxy) is 1. The van der Waals surface area contributed by atoms with E-state index < -0.39 is 28.5 Å². The zero-order chi connectivity index (χ0) is 20.9. The summed E-state index contributed by atoms with van der Waals surface area (Å²) in [7, 11) is -3.81. The molecule has 0 bridgehead atoms. The van der Waals surface area contributed by atoms with Crippen molar-refractivity contribution >= 4 is 39.2 Å². The van der Waals surface area contributed by atoms with Gasteiger partial charge in [-0.1, -0.05) is 36.2 Å². The molecule has 7 nitrogen and oxygen atoms in total. The van der Waals surface area contributed by atoms with Crippen LogP contribution in [0, 0.1) is 0 Å². The van der Waals surface area contributed by atoms with Gasteiger partial charge in [0.1, 0.15) is 4.90 Å². The number of carbonyl (C=O) groups excluding carboxylic acids is 2. The van der Waals surface area contributed by atoms with Crippen LogP contribution >= 0.6 is 11.6 Å². The second-order valence-corrected chi connectivity index (χ2v) is 8.91. The van der Waals surface area contributed by atoms with E-state index in [2.05, 4.69) is 5.32 Å². The fourth-order valence-electron chi connectivity index (χ4n) is 3.01. The Labute approximate surface area is 174 Å². The molecule has 1 amide bonds. The summed E-state index contributed by atoms with van der Waals surface area (Å²) in [6, 6.07) is 12.7. The van der Waals surface area contributed by atoms with Crippen molar-refractivity contribution in [3.63, 3.8) is 0 Å². The predicted molar refractivity (Wildman–Crippen MR) is 109 cm³/mol. The van der Waals surface area contributed by atoms with Crippen molar-refractivity contribution < 1.29 is 22.7 Å². The third-order valence-corrected chi connectivity index (χ3v) is 6.87. The van der Waals surface area contributed by atoms with Gasteiger partial charge in [-0.3, -0.25) is 4.79 Å². The number of halogens is 1. The molecule has 1 aliphatic heterocycles. The molecular formula is C20H21ClN2O5S. The third kappa shape index (κ3) is 5.35. The van der Waals surface area contributed by atoms with Crippen LogP contribution in [0.4, 0.5) is 5.69 Å². The summed E-state index contributed by atoms with van der Waals surface area (Å²) in [5.41, 5.74) is 0.590. The Bertz CT molecular complexity index is 989. The number of amides is 1. The van der Waals surface area contributed by atoms with E-state index in [-0.39, 0.29) is 15.5 Å². The van der Waals surface area contributed by atoms with Gasteiger partial charge in [0, 0.05) is 18.8 Å². The first-order valence-electron chi connectivity index (χ1n) is 9.19. The van der Waals surface area contributed by atoms with E-state index in [9.17, 15) is 18.0 Å². The number of hydrogen-bond donors (Lipinski definition) is 1. The van der Waals surface area contributed by atoms with E-state index in [4.69, 9.17) is 16.3 Å². The molecule has 0 aliphatic carbocycles. The van der Waals surface area contributed by atoms with Gasteiger partial charge in [0.15, 0.2) is 6.61 Å². The molecule has 1 aliphatic rings. The van der Waals surface area contributed by atoms with E-state index >= 15 is 0 Å². The van der Waals surface area contributed by atoms with E-state index in [1.165, 1.54) is 22.5 Å². The van der Waals surface area contributed by atoms with Crippen molar-refractivity contribution in [1.82, 2.24) is 4.31 Å². The van der Waals surface area contributed by atoms with Crippen molar-refractivity contribution in [3.05, 3.63) is 59.1 Å². The van der Waals surface area contributed by atoms with Crippen LogP contribution in [0.2, 0.25) is 5.02 Å². The molecule has 3 rings (SSSR count). The fourth-order valence-corrected chi connectivity index (χ4v) is 5.02. The fraction of sp³-hybridized carbons (Fsp3) is 0.300. The van der Waals surface area contributed by atoms with Crippen LogP contribution in [0.5, 0.6) is 0 Å². The molecule has 154 valence electrons. The molecule has 0 spiro atoms. The molecule has 2 aromatic rings. The summed E-state index contributed by atoms with van der Waals surface area (Å²) < 4.78 is 32.1. The van der Waals surface area contributed by atoms with Crippen LogP contribution in [0.3, 0.4) is 0 Å². The summed E-state index contributed by atoms with van der Waals surface area (Å²) in [4.78, 5) is 24.1. The zero-order valence-corrected chi connectivity index (χ0v) is 17.2. The molecule has 0 saturated carbocycles. The molecule has 1 fully saturated rings. The molecular weight excluding hydrogens is 416 g/mol. The molecule has 9 heteroatoms. The Morgan fingerprint density at radius 3 is 2.41 bits per heavy atom. The van der Waals surface area contributed by atoms with Gasteiger partial charge in [0.05, 0.1) is 10.6 Å². The van der Waals surface area contributed by atoms with Gasteiger partial charge in [0.25, 0.3) is 5.91 Å². The van der Waals surface area contributed by atoms with Crippen molar-refractivity contribution in [2.45, 2.75) is 24.2 Å².